The number of rotatable bonds is 2. The molecule has 0 spiro atoms. The molecule has 0 amide bonds. The van der Waals surface area contributed by atoms with Gasteiger partial charge < -0.3 is 4.74 Å². The maximum Gasteiger partial charge on any atom is 0.144 e. The van der Waals surface area contributed by atoms with Gasteiger partial charge >= 0.3 is 0 Å². The van der Waals surface area contributed by atoms with Gasteiger partial charge in [-0.1, -0.05) is 0 Å². The molecule has 0 aromatic heterocycles. The Bertz CT molecular complexity index is 392. The van der Waals surface area contributed by atoms with E-state index >= 15 is 0 Å². The summed E-state index contributed by atoms with van der Waals surface area (Å²) in [5.41, 5.74) is 0.126. The predicted octanol–water partition coefficient (Wildman–Crippen LogP) is 2.95. The molecule has 1 saturated heterocycles. The van der Waals surface area contributed by atoms with Crippen LogP contribution in [0, 0.1) is 11.6 Å². The summed E-state index contributed by atoms with van der Waals surface area (Å²) in [7, 11) is 0. The van der Waals surface area contributed by atoms with Crippen molar-refractivity contribution in [1.82, 2.24) is 4.90 Å². The van der Waals surface area contributed by atoms with E-state index in [1.54, 1.807) is 0 Å². The predicted molar refractivity (Wildman–Crippen MR) is 64.8 cm³/mol. The number of halogens is 3. The number of benzene rings is 1. The van der Waals surface area contributed by atoms with Crippen molar-refractivity contribution in [2.45, 2.75) is 13.0 Å². The van der Waals surface area contributed by atoms with Crippen LogP contribution in [0.3, 0.4) is 0 Å². The minimum absolute atomic E-state index is 0.126. The molecule has 0 unspecified atom stereocenters. The third-order valence-corrected chi connectivity index (χ3v) is 3.45. The Kier molecular flexibility index (Phi) is 4.48. The van der Waals surface area contributed by atoms with Crippen LogP contribution in [0.4, 0.5) is 8.78 Å². The van der Waals surface area contributed by atoms with Crippen LogP contribution in [0.2, 0.25) is 0 Å². The minimum Gasteiger partial charge on any atom is -0.380 e. The molecule has 0 bridgehead atoms. The molecule has 1 aliphatic heterocycles. The number of hydrogen-bond acceptors (Lipinski definition) is 2. The highest BCUT2D eigenvalue weighted by atomic mass is 79.9. The first-order valence-electron chi connectivity index (χ1n) is 5.61. The quantitative estimate of drug-likeness (QED) is 0.779. The van der Waals surface area contributed by atoms with Crippen molar-refractivity contribution in [3.05, 3.63) is 33.8 Å². The SMILES string of the molecule is Fc1ccc(Br)c(F)c1CN1CCCOCC1. The van der Waals surface area contributed by atoms with Gasteiger partial charge in [0, 0.05) is 31.8 Å². The minimum atomic E-state index is -0.504. The molecule has 0 N–H and O–H groups in total. The van der Waals surface area contributed by atoms with Gasteiger partial charge in [-0.2, -0.15) is 0 Å². The van der Waals surface area contributed by atoms with E-state index in [0.29, 0.717) is 24.2 Å². The topological polar surface area (TPSA) is 12.5 Å². The molecular weight excluding hydrogens is 292 g/mol. The highest BCUT2D eigenvalue weighted by molar-refractivity contribution is 9.10. The molecule has 0 radical (unpaired) electrons. The Morgan fingerprint density at radius 2 is 2.06 bits per heavy atom. The van der Waals surface area contributed by atoms with Gasteiger partial charge in [0.25, 0.3) is 0 Å². The van der Waals surface area contributed by atoms with E-state index in [1.165, 1.54) is 12.1 Å². The van der Waals surface area contributed by atoms with Crippen LogP contribution in [0.15, 0.2) is 16.6 Å². The van der Waals surface area contributed by atoms with Crippen LogP contribution in [-0.2, 0) is 11.3 Å². The Morgan fingerprint density at radius 3 is 2.88 bits per heavy atom. The summed E-state index contributed by atoms with van der Waals surface area (Å²) in [4.78, 5) is 2.01. The number of ether oxygens (including phenoxy) is 1. The van der Waals surface area contributed by atoms with E-state index in [-0.39, 0.29) is 5.56 Å². The Hall–Kier alpha value is -0.520. The summed E-state index contributed by atoms with van der Waals surface area (Å²) >= 11 is 3.08. The van der Waals surface area contributed by atoms with Crippen molar-refractivity contribution < 1.29 is 13.5 Å². The van der Waals surface area contributed by atoms with Crippen molar-refractivity contribution in [2.24, 2.45) is 0 Å². The zero-order valence-corrected chi connectivity index (χ0v) is 11.0. The fourth-order valence-corrected chi connectivity index (χ4v) is 2.26. The first-order chi connectivity index (χ1) is 8.18. The van der Waals surface area contributed by atoms with Crippen molar-refractivity contribution >= 4 is 15.9 Å². The lowest BCUT2D eigenvalue weighted by Gasteiger charge is -2.20. The van der Waals surface area contributed by atoms with E-state index in [9.17, 15) is 8.78 Å². The number of hydrogen-bond donors (Lipinski definition) is 0. The zero-order valence-electron chi connectivity index (χ0n) is 9.39. The molecule has 1 aromatic carbocycles. The second-order valence-corrected chi connectivity index (χ2v) is 4.92. The van der Waals surface area contributed by atoms with E-state index < -0.39 is 11.6 Å². The van der Waals surface area contributed by atoms with E-state index in [4.69, 9.17) is 4.74 Å². The van der Waals surface area contributed by atoms with Crippen molar-refractivity contribution in [1.29, 1.82) is 0 Å². The van der Waals surface area contributed by atoms with Crippen LogP contribution in [-0.4, -0.2) is 31.2 Å². The molecule has 94 valence electrons. The smallest absolute Gasteiger partial charge is 0.144 e. The van der Waals surface area contributed by atoms with E-state index in [1.807, 2.05) is 4.90 Å². The van der Waals surface area contributed by atoms with Gasteiger partial charge in [-0.15, -0.1) is 0 Å². The monoisotopic (exact) mass is 305 g/mol. The number of nitrogens with zero attached hydrogens (tertiary/aromatic N) is 1. The van der Waals surface area contributed by atoms with Gasteiger partial charge in [-0.05, 0) is 34.5 Å². The molecule has 2 nitrogen and oxygen atoms in total. The lowest BCUT2D eigenvalue weighted by Crippen LogP contribution is -2.26. The molecule has 1 heterocycles. The molecule has 1 aromatic rings. The second-order valence-electron chi connectivity index (χ2n) is 4.06. The van der Waals surface area contributed by atoms with Crippen LogP contribution < -0.4 is 0 Å². The first-order valence-corrected chi connectivity index (χ1v) is 6.40. The van der Waals surface area contributed by atoms with Gasteiger partial charge in [-0.25, -0.2) is 8.78 Å². The molecule has 1 fully saturated rings. The van der Waals surface area contributed by atoms with Crippen molar-refractivity contribution in [2.75, 3.05) is 26.3 Å². The van der Waals surface area contributed by atoms with Crippen LogP contribution in [0.5, 0.6) is 0 Å². The fraction of sp³-hybridized carbons (Fsp3) is 0.500. The third kappa shape index (κ3) is 3.24. The molecule has 0 saturated carbocycles. The summed E-state index contributed by atoms with van der Waals surface area (Å²) in [6.45, 7) is 3.16. The normalized spacial score (nSPS) is 18.1. The Labute approximate surface area is 108 Å². The van der Waals surface area contributed by atoms with Gasteiger partial charge in [0.2, 0.25) is 0 Å². The van der Waals surface area contributed by atoms with Gasteiger partial charge in [-0.3, -0.25) is 4.90 Å². The maximum atomic E-state index is 13.8. The van der Waals surface area contributed by atoms with E-state index in [2.05, 4.69) is 15.9 Å². The van der Waals surface area contributed by atoms with E-state index in [0.717, 1.165) is 19.6 Å². The van der Waals surface area contributed by atoms with Crippen LogP contribution in [0.25, 0.3) is 0 Å². The Morgan fingerprint density at radius 1 is 1.24 bits per heavy atom. The lowest BCUT2D eigenvalue weighted by atomic mass is 10.2. The molecular formula is C12H14BrF2NO. The third-order valence-electron chi connectivity index (χ3n) is 2.84. The molecule has 0 aliphatic carbocycles. The molecule has 2 rings (SSSR count). The largest absolute Gasteiger partial charge is 0.380 e. The molecule has 0 atom stereocenters. The summed E-state index contributed by atoms with van der Waals surface area (Å²) in [5.74, 6) is -0.994. The highest BCUT2D eigenvalue weighted by Gasteiger charge is 2.17. The fourth-order valence-electron chi connectivity index (χ4n) is 1.89. The van der Waals surface area contributed by atoms with Crippen LogP contribution in [0.1, 0.15) is 12.0 Å². The zero-order chi connectivity index (χ0) is 12.3. The van der Waals surface area contributed by atoms with Crippen LogP contribution >= 0.6 is 15.9 Å². The Balaban J connectivity index is 2.14. The summed E-state index contributed by atoms with van der Waals surface area (Å²) < 4.78 is 33.0. The maximum absolute atomic E-state index is 13.8. The second kappa shape index (κ2) is 5.89. The summed E-state index contributed by atoms with van der Waals surface area (Å²) in [6.07, 6.45) is 0.900. The van der Waals surface area contributed by atoms with Crippen molar-refractivity contribution in [3.8, 4) is 0 Å². The first kappa shape index (κ1) is 12.9. The highest BCUT2D eigenvalue weighted by Crippen LogP contribution is 2.23. The van der Waals surface area contributed by atoms with Crippen molar-refractivity contribution in [3.63, 3.8) is 0 Å². The summed E-state index contributed by atoms with van der Waals surface area (Å²) in [5, 5.41) is 0. The van der Waals surface area contributed by atoms with Gasteiger partial charge in [0.1, 0.15) is 11.6 Å². The molecule has 1 aliphatic rings. The summed E-state index contributed by atoms with van der Waals surface area (Å²) in [6, 6.07) is 2.68. The molecule has 17 heavy (non-hydrogen) atoms. The van der Waals surface area contributed by atoms with Gasteiger partial charge in [0.15, 0.2) is 0 Å². The lowest BCUT2D eigenvalue weighted by molar-refractivity contribution is 0.140. The molecule has 5 heteroatoms. The average Bonchev–Trinajstić information content (AvgIpc) is 2.58. The standard InChI is InChI=1S/C12H14BrF2NO/c13-10-2-3-11(14)9(12(10)15)8-16-4-1-6-17-7-5-16/h2-3H,1,4-8H2. The van der Waals surface area contributed by atoms with Gasteiger partial charge in [0.05, 0.1) is 11.1 Å². The average molecular weight is 306 g/mol.